The van der Waals surface area contributed by atoms with Crippen LogP contribution < -0.4 is 0 Å². The highest BCUT2D eigenvalue weighted by Gasteiger charge is 2.35. The molecule has 2 aromatic rings. The lowest BCUT2D eigenvalue weighted by Gasteiger charge is -2.22. The Bertz CT molecular complexity index is 590. The number of aromatic nitrogens is 1. The molecule has 0 N–H and O–H groups in total. The van der Waals surface area contributed by atoms with Gasteiger partial charge in [0.2, 0.25) is 6.08 Å². The standard InChI is InChI=1S/C13H12N2O2/c16-9-14-13(5-1-2-6-13)11-3-4-12-10(7-11)8-15-17-12/h3-4,7-8H,1-2,5-6H2. The van der Waals surface area contributed by atoms with Gasteiger partial charge < -0.3 is 4.52 Å². The number of fused-ring (bicyclic) bond motifs is 1. The second-order valence-electron chi connectivity index (χ2n) is 4.52. The Labute approximate surface area is 98.3 Å². The molecule has 0 saturated heterocycles. The quantitative estimate of drug-likeness (QED) is 0.586. The third-order valence-electron chi connectivity index (χ3n) is 3.58. The van der Waals surface area contributed by atoms with E-state index in [1.54, 1.807) is 12.3 Å². The predicted octanol–water partition coefficient (Wildman–Crippen LogP) is 2.93. The zero-order valence-corrected chi connectivity index (χ0v) is 9.35. The van der Waals surface area contributed by atoms with Crippen LogP contribution in [0.5, 0.6) is 0 Å². The molecule has 0 atom stereocenters. The van der Waals surface area contributed by atoms with Gasteiger partial charge in [0.25, 0.3) is 0 Å². The average Bonchev–Trinajstić information content (AvgIpc) is 2.96. The second-order valence-corrected chi connectivity index (χ2v) is 4.52. The maximum atomic E-state index is 10.6. The molecule has 0 bridgehead atoms. The summed E-state index contributed by atoms with van der Waals surface area (Å²) in [7, 11) is 0. The van der Waals surface area contributed by atoms with Crippen molar-refractivity contribution in [2.45, 2.75) is 31.2 Å². The minimum absolute atomic E-state index is 0.368. The van der Waals surface area contributed by atoms with Crippen molar-refractivity contribution in [3.8, 4) is 0 Å². The van der Waals surface area contributed by atoms with Crippen molar-refractivity contribution in [2.75, 3.05) is 0 Å². The Kier molecular flexibility index (Phi) is 2.30. The molecule has 0 aliphatic heterocycles. The first-order valence-corrected chi connectivity index (χ1v) is 5.78. The molecular weight excluding hydrogens is 216 g/mol. The fraction of sp³-hybridized carbons (Fsp3) is 0.385. The summed E-state index contributed by atoms with van der Waals surface area (Å²) >= 11 is 0. The first kappa shape index (κ1) is 10.2. The van der Waals surface area contributed by atoms with Gasteiger partial charge in [0, 0.05) is 5.39 Å². The van der Waals surface area contributed by atoms with Crippen LogP contribution in [0, 0.1) is 0 Å². The third kappa shape index (κ3) is 1.58. The first-order chi connectivity index (χ1) is 8.34. The van der Waals surface area contributed by atoms with Crippen molar-refractivity contribution in [3.63, 3.8) is 0 Å². The van der Waals surface area contributed by atoms with Gasteiger partial charge in [-0.25, -0.2) is 4.79 Å². The van der Waals surface area contributed by atoms with E-state index in [1.807, 2.05) is 18.2 Å². The molecule has 4 heteroatoms. The molecule has 1 saturated carbocycles. The van der Waals surface area contributed by atoms with Crippen LogP contribution in [0.15, 0.2) is 33.9 Å². The van der Waals surface area contributed by atoms with Gasteiger partial charge in [-0.1, -0.05) is 24.1 Å². The number of hydrogen-bond acceptors (Lipinski definition) is 4. The van der Waals surface area contributed by atoms with Gasteiger partial charge in [-0.2, -0.15) is 4.99 Å². The fourth-order valence-corrected chi connectivity index (χ4v) is 2.67. The molecule has 17 heavy (non-hydrogen) atoms. The van der Waals surface area contributed by atoms with Crippen molar-refractivity contribution >= 4 is 17.0 Å². The number of nitrogens with zero attached hydrogens (tertiary/aromatic N) is 2. The van der Waals surface area contributed by atoms with Gasteiger partial charge in [0.1, 0.15) is 0 Å². The minimum Gasteiger partial charge on any atom is -0.356 e. The zero-order valence-electron chi connectivity index (χ0n) is 9.35. The van der Waals surface area contributed by atoms with Gasteiger partial charge in [0.05, 0.1) is 11.7 Å². The van der Waals surface area contributed by atoms with Crippen LogP contribution in [0.2, 0.25) is 0 Å². The molecule has 1 aliphatic rings. The molecule has 0 radical (unpaired) electrons. The zero-order chi connectivity index (χ0) is 11.7. The van der Waals surface area contributed by atoms with Crippen molar-refractivity contribution < 1.29 is 9.32 Å². The van der Waals surface area contributed by atoms with Crippen molar-refractivity contribution in [1.29, 1.82) is 0 Å². The van der Waals surface area contributed by atoms with Gasteiger partial charge in [-0.05, 0) is 30.5 Å². The van der Waals surface area contributed by atoms with Crippen LogP contribution in [0.1, 0.15) is 31.2 Å². The van der Waals surface area contributed by atoms with E-state index in [0.717, 1.165) is 42.2 Å². The van der Waals surface area contributed by atoms with Crippen LogP contribution in [0.3, 0.4) is 0 Å². The highest BCUT2D eigenvalue weighted by Crippen LogP contribution is 2.42. The van der Waals surface area contributed by atoms with Gasteiger partial charge in [0.15, 0.2) is 5.58 Å². The van der Waals surface area contributed by atoms with E-state index < -0.39 is 0 Å². The molecular formula is C13H12N2O2. The number of isocyanates is 1. The van der Waals surface area contributed by atoms with E-state index in [9.17, 15) is 4.79 Å². The van der Waals surface area contributed by atoms with E-state index in [1.165, 1.54) is 0 Å². The Hall–Kier alpha value is -1.93. The summed E-state index contributed by atoms with van der Waals surface area (Å²) in [6.45, 7) is 0. The normalized spacial score (nSPS) is 18.1. The molecule has 0 amide bonds. The van der Waals surface area contributed by atoms with E-state index in [2.05, 4.69) is 10.1 Å². The van der Waals surface area contributed by atoms with Crippen LogP contribution in [-0.4, -0.2) is 11.2 Å². The Balaban J connectivity index is 2.14. The molecule has 0 unspecified atom stereocenters. The molecule has 86 valence electrons. The summed E-state index contributed by atoms with van der Waals surface area (Å²) in [5.41, 5.74) is 1.46. The van der Waals surface area contributed by atoms with Crippen molar-refractivity contribution in [1.82, 2.24) is 5.16 Å². The number of hydrogen-bond donors (Lipinski definition) is 0. The summed E-state index contributed by atoms with van der Waals surface area (Å²) < 4.78 is 5.07. The molecule has 1 aromatic heterocycles. The Morgan fingerprint density at radius 2 is 2.18 bits per heavy atom. The highest BCUT2D eigenvalue weighted by atomic mass is 16.5. The van der Waals surface area contributed by atoms with Crippen LogP contribution in [0.25, 0.3) is 11.0 Å². The number of carbonyl (C=O) groups excluding carboxylic acids is 1. The summed E-state index contributed by atoms with van der Waals surface area (Å²) in [5.74, 6) is 0. The Morgan fingerprint density at radius 1 is 1.35 bits per heavy atom. The SMILES string of the molecule is O=C=NC1(c2ccc3oncc3c2)CCCC1. The van der Waals surface area contributed by atoms with Crippen molar-refractivity contribution in [3.05, 3.63) is 30.0 Å². The largest absolute Gasteiger partial charge is 0.356 e. The number of rotatable bonds is 2. The lowest BCUT2D eigenvalue weighted by atomic mass is 9.88. The molecule has 0 spiro atoms. The van der Waals surface area contributed by atoms with Gasteiger partial charge >= 0.3 is 0 Å². The van der Waals surface area contributed by atoms with E-state index in [0.29, 0.717) is 0 Å². The second kappa shape index (κ2) is 3.82. The summed E-state index contributed by atoms with van der Waals surface area (Å²) in [6.07, 6.45) is 7.45. The fourth-order valence-electron chi connectivity index (χ4n) is 2.67. The maximum Gasteiger partial charge on any atom is 0.235 e. The van der Waals surface area contributed by atoms with Crippen LogP contribution in [-0.2, 0) is 10.3 Å². The highest BCUT2D eigenvalue weighted by molar-refractivity contribution is 5.77. The first-order valence-electron chi connectivity index (χ1n) is 5.78. The van der Waals surface area contributed by atoms with E-state index in [4.69, 9.17) is 4.52 Å². The summed E-state index contributed by atoms with van der Waals surface area (Å²) in [5, 5.41) is 4.71. The molecule has 4 nitrogen and oxygen atoms in total. The molecule has 1 fully saturated rings. The smallest absolute Gasteiger partial charge is 0.235 e. The van der Waals surface area contributed by atoms with E-state index in [-0.39, 0.29) is 5.54 Å². The Morgan fingerprint density at radius 3 is 2.94 bits per heavy atom. The van der Waals surface area contributed by atoms with Crippen molar-refractivity contribution in [2.24, 2.45) is 4.99 Å². The molecule has 1 aromatic carbocycles. The van der Waals surface area contributed by atoms with Crippen LogP contribution in [0.4, 0.5) is 0 Å². The number of benzene rings is 1. The lowest BCUT2D eigenvalue weighted by molar-refractivity contribution is 0.452. The molecule has 1 aliphatic carbocycles. The summed E-state index contributed by atoms with van der Waals surface area (Å²) in [4.78, 5) is 14.7. The van der Waals surface area contributed by atoms with Gasteiger partial charge in [-0.3, -0.25) is 0 Å². The minimum atomic E-state index is -0.368. The molecule has 1 heterocycles. The topological polar surface area (TPSA) is 55.5 Å². The van der Waals surface area contributed by atoms with E-state index >= 15 is 0 Å². The molecule has 3 rings (SSSR count). The third-order valence-corrected chi connectivity index (χ3v) is 3.58. The lowest BCUT2D eigenvalue weighted by Crippen LogP contribution is -2.18. The monoisotopic (exact) mass is 228 g/mol. The van der Waals surface area contributed by atoms with Crippen LogP contribution >= 0.6 is 0 Å². The maximum absolute atomic E-state index is 10.6. The average molecular weight is 228 g/mol. The predicted molar refractivity (Wildman–Crippen MR) is 62.3 cm³/mol. The van der Waals surface area contributed by atoms with Gasteiger partial charge in [-0.15, -0.1) is 0 Å². The number of aliphatic imine (C=N–C) groups is 1. The summed E-state index contributed by atoms with van der Waals surface area (Å²) in [6, 6.07) is 5.87.